The Morgan fingerprint density at radius 3 is 2.50 bits per heavy atom. The summed E-state index contributed by atoms with van der Waals surface area (Å²) in [4.78, 5) is 37.8. The number of likely N-dealkylation sites (tertiary alicyclic amines) is 1. The van der Waals surface area contributed by atoms with E-state index >= 15 is 0 Å². The molecular weight excluding hydrogens is 284 g/mol. The molecule has 2 rings (SSSR count). The maximum absolute atomic E-state index is 12.4. The van der Waals surface area contributed by atoms with Crippen molar-refractivity contribution in [1.82, 2.24) is 10.2 Å². The maximum atomic E-state index is 12.4. The van der Waals surface area contributed by atoms with Crippen LogP contribution in [0.4, 0.5) is 0 Å². The number of carboxylic acids is 1. The highest BCUT2D eigenvalue weighted by atomic mass is 16.4. The van der Waals surface area contributed by atoms with Gasteiger partial charge in [-0.1, -0.05) is 13.8 Å². The molecule has 6 nitrogen and oxygen atoms in total. The Bertz CT molecular complexity index is 459. The molecule has 2 amide bonds. The van der Waals surface area contributed by atoms with Gasteiger partial charge in [0.25, 0.3) is 0 Å². The van der Waals surface area contributed by atoms with Gasteiger partial charge >= 0.3 is 5.97 Å². The number of amides is 2. The predicted octanol–water partition coefficient (Wildman–Crippen LogP) is 1.39. The molecule has 2 unspecified atom stereocenters. The Hall–Kier alpha value is -1.59. The molecule has 22 heavy (non-hydrogen) atoms. The van der Waals surface area contributed by atoms with E-state index in [1.165, 1.54) is 0 Å². The summed E-state index contributed by atoms with van der Waals surface area (Å²) < 4.78 is 0. The first-order valence-corrected chi connectivity index (χ1v) is 8.24. The van der Waals surface area contributed by atoms with E-state index in [-0.39, 0.29) is 23.7 Å². The van der Waals surface area contributed by atoms with Crippen LogP contribution in [0.3, 0.4) is 0 Å². The van der Waals surface area contributed by atoms with E-state index in [0.29, 0.717) is 32.4 Å². The zero-order valence-electron chi connectivity index (χ0n) is 13.4. The van der Waals surface area contributed by atoms with Crippen molar-refractivity contribution in [2.45, 2.75) is 57.9 Å². The van der Waals surface area contributed by atoms with Gasteiger partial charge in [0.05, 0.1) is 5.92 Å². The Balaban J connectivity index is 1.95. The van der Waals surface area contributed by atoms with Crippen molar-refractivity contribution in [2.75, 3.05) is 13.1 Å². The summed E-state index contributed by atoms with van der Waals surface area (Å²) in [5.41, 5.74) is -1.07. The van der Waals surface area contributed by atoms with Gasteiger partial charge in [-0.15, -0.1) is 0 Å². The average molecular weight is 310 g/mol. The number of piperidine rings is 1. The van der Waals surface area contributed by atoms with E-state index in [9.17, 15) is 19.5 Å². The number of carbonyl (C=O) groups excluding carboxylic acids is 2. The van der Waals surface area contributed by atoms with E-state index in [4.69, 9.17) is 0 Å². The Kier molecular flexibility index (Phi) is 5.08. The molecule has 0 bridgehead atoms. The Labute approximate surface area is 131 Å². The van der Waals surface area contributed by atoms with Crippen LogP contribution in [-0.2, 0) is 14.4 Å². The molecule has 1 saturated heterocycles. The summed E-state index contributed by atoms with van der Waals surface area (Å²) in [5, 5.41) is 12.0. The molecule has 1 aliphatic heterocycles. The van der Waals surface area contributed by atoms with Crippen LogP contribution in [0.15, 0.2) is 0 Å². The number of rotatable bonds is 5. The van der Waals surface area contributed by atoms with Gasteiger partial charge in [-0.05, 0) is 38.5 Å². The molecule has 0 aromatic heterocycles. The van der Waals surface area contributed by atoms with Crippen molar-refractivity contribution in [3.63, 3.8) is 0 Å². The lowest BCUT2D eigenvalue weighted by Crippen LogP contribution is -2.61. The third-order valence-corrected chi connectivity index (χ3v) is 5.12. The highest BCUT2D eigenvalue weighted by molar-refractivity contribution is 5.89. The number of hydrogen-bond donors (Lipinski definition) is 2. The lowest BCUT2D eigenvalue weighted by Gasteiger charge is -2.40. The van der Waals surface area contributed by atoms with Gasteiger partial charge in [0, 0.05) is 19.0 Å². The van der Waals surface area contributed by atoms with Crippen LogP contribution in [0, 0.1) is 11.8 Å². The zero-order chi connectivity index (χ0) is 16.3. The molecule has 0 spiro atoms. The second-order valence-corrected chi connectivity index (χ2v) is 6.66. The summed E-state index contributed by atoms with van der Waals surface area (Å²) in [6, 6.07) is 0. The lowest BCUT2D eigenvalue weighted by atomic mass is 9.76. The maximum Gasteiger partial charge on any atom is 0.329 e. The topological polar surface area (TPSA) is 86.7 Å². The van der Waals surface area contributed by atoms with Gasteiger partial charge in [0.2, 0.25) is 11.8 Å². The van der Waals surface area contributed by atoms with Crippen molar-refractivity contribution < 1.29 is 19.5 Å². The summed E-state index contributed by atoms with van der Waals surface area (Å²) >= 11 is 0. The highest BCUT2D eigenvalue weighted by Crippen LogP contribution is 2.33. The fourth-order valence-corrected chi connectivity index (χ4v) is 3.14. The summed E-state index contributed by atoms with van der Waals surface area (Å²) in [6.45, 7) is 4.98. The minimum atomic E-state index is -1.07. The number of carbonyl (C=O) groups is 3. The minimum Gasteiger partial charge on any atom is -0.480 e. The third-order valence-electron chi connectivity index (χ3n) is 5.12. The monoisotopic (exact) mass is 310 g/mol. The molecule has 0 radical (unpaired) electrons. The first-order valence-electron chi connectivity index (χ1n) is 8.24. The minimum absolute atomic E-state index is 0.0289. The van der Waals surface area contributed by atoms with E-state index in [2.05, 4.69) is 5.32 Å². The number of aliphatic carboxylic acids is 1. The van der Waals surface area contributed by atoms with Crippen LogP contribution in [0.2, 0.25) is 0 Å². The lowest BCUT2D eigenvalue weighted by molar-refractivity contribution is -0.153. The summed E-state index contributed by atoms with van der Waals surface area (Å²) in [5.74, 6) is -1.40. The molecular formula is C16H26N2O4. The third kappa shape index (κ3) is 3.25. The highest BCUT2D eigenvalue weighted by Gasteiger charge is 2.46. The number of nitrogens with zero attached hydrogens (tertiary/aromatic N) is 1. The van der Waals surface area contributed by atoms with E-state index < -0.39 is 11.5 Å². The van der Waals surface area contributed by atoms with Crippen molar-refractivity contribution in [2.24, 2.45) is 11.8 Å². The van der Waals surface area contributed by atoms with Crippen molar-refractivity contribution in [1.29, 1.82) is 0 Å². The molecule has 1 saturated carbocycles. The molecule has 6 heteroatoms. The molecule has 124 valence electrons. The quantitative estimate of drug-likeness (QED) is 0.803. The smallest absolute Gasteiger partial charge is 0.329 e. The first-order chi connectivity index (χ1) is 10.4. The second kappa shape index (κ2) is 6.67. The largest absolute Gasteiger partial charge is 0.480 e. The first kappa shape index (κ1) is 16.8. The van der Waals surface area contributed by atoms with E-state index in [0.717, 1.165) is 19.3 Å². The van der Waals surface area contributed by atoms with Crippen LogP contribution < -0.4 is 5.32 Å². The molecule has 0 aromatic rings. The number of hydrogen-bond acceptors (Lipinski definition) is 3. The standard InChI is InChI=1S/C16H26N2O4/c1-3-11(2)14(20)18-9-4-6-12(10-18)13(19)17-16(15(21)22)7-5-8-16/h11-12H,3-10H2,1-2H3,(H,17,19)(H,21,22). The van der Waals surface area contributed by atoms with Crippen molar-refractivity contribution >= 4 is 17.8 Å². The summed E-state index contributed by atoms with van der Waals surface area (Å²) in [7, 11) is 0. The molecule has 2 atom stereocenters. The molecule has 0 aromatic carbocycles. The van der Waals surface area contributed by atoms with Crippen molar-refractivity contribution in [3.8, 4) is 0 Å². The molecule has 1 aliphatic carbocycles. The number of carboxylic acid groups (broad SMARTS) is 1. The van der Waals surface area contributed by atoms with Gasteiger partial charge in [0.1, 0.15) is 5.54 Å². The fourth-order valence-electron chi connectivity index (χ4n) is 3.14. The van der Waals surface area contributed by atoms with Gasteiger partial charge in [-0.2, -0.15) is 0 Å². The molecule has 2 N–H and O–H groups in total. The van der Waals surface area contributed by atoms with Gasteiger partial charge in [-0.25, -0.2) is 4.79 Å². The fraction of sp³-hybridized carbons (Fsp3) is 0.812. The number of nitrogens with one attached hydrogen (secondary N) is 1. The van der Waals surface area contributed by atoms with E-state index in [1.54, 1.807) is 4.90 Å². The molecule has 2 fully saturated rings. The van der Waals surface area contributed by atoms with Crippen LogP contribution >= 0.6 is 0 Å². The van der Waals surface area contributed by atoms with Crippen LogP contribution in [0.25, 0.3) is 0 Å². The summed E-state index contributed by atoms with van der Waals surface area (Å²) in [6.07, 6.45) is 4.11. The van der Waals surface area contributed by atoms with Crippen LogP contribution in [0.1, 0.15) is 52.4 Å². The second-order valence-electron chi connectivity index (χ2n) is 6.66. The normalized spacial score (nSPS) is 25.0. The Morgan fingerprint density at radius 1 is 1.32 bits per heavy atom. The van der Waals surface area contributed by atoms with Crippen LogP contribution in [-0.4, -0.2) is 46.4 Å². The van der Waals surface area contributed by atoms with Gasteiger partial charge < -0.3 is 15.3 Å². The average Bonchev–Trinajstić information content (AvgIpc) is 2.48. The van der Waals surface area contributed by atoms with Gasteiger partial charge in [0.15, 0.2) is 0 Å². The van der Waals surface area contributed by atoms with E-state index in [1.807, 2.05) is 13.8 Å². The zero-order valence-corrected chi connectivity index (χ0v) is 13.4. The van der Waals surface area contributed by atoms with Crippen molar-refractivity contribution in [3.05, 3.63) is 0 Å². The predicted molar refractivity (Wildman–Crippen MR) is 81.1 cm³/mol. The Morgan fingerprint density at radius 2 is 2.00 bits per heavy atom. The molecule has 2 aliphatic rings. The van der Waals surface area contributed by atoms with Crippen LogP contribution in [0.5, 0.6) is 0 Å². The van der Waals surface area contributed by atoms with Gasteiger partial charge in [-0.3, -0.25) is 9.59 Å². The molecule has 1 heterocycles. The SMILES string of the molecule is CCC(C)C(=O)N1CCCC(C(=O)NC2(C(=O)O)CCC2)C1.